The number of hydrogen-bond donors (Lipinski definition) is 1. The third kappa shape index (κ3) is 5.05. The quantitative estimate of drug-likeness (QED) is 0.356. The fourth-order valence-corrected chi connectivity index (χ4v) is 4.79. The molecule has 0 bridgehead atoms. The first-order valence-corrected chi connectivity index (χ1v) is 12.1. The number of aryl methyl sites for hydroxylation is 2. The van der Waals surface area contributed by atoms with Crippen molar-refractivity contribution in [3.8, 4) is 0 Å². The molecule has 0 aliphatic carbocycles. The molecule has 2 fully saturated rings. The number of carbonyl (C=O) groups excluding carboxylic acids is 2. The van der Waals surface area contributed by atoms with E-state index in [0.717, 1.165) is 60.4 Å². The van der Waals surface area contributed by atoms with Gasteiger partial charge in [-0.3, -0.25) is 14.5 Å². The third-order valence-corrected chi connectivity index (χ3v) is 6.88. The van der Waals surface area contributed by atoms with E-state index in [1.54, 1.807) is 4.90 Å². The molecule has 0 radical (unpaired) electrons. The number of morpholine rings is 1. The van der Waals surface area contributed by atoms with Gasteiger partial charge in [0.1, 0.15) is 5.76 Å². The van der Waals surface area contributed by atoms with Gasteiger partial charge in [0, 0.05) is 36.2 Å². The molecule has 2 saturated heterocycles. The lowest BCUT2D eigenvalue weighted by atomic mass is 9.93. The molecule has 2 aromatic rings. The number of hydrogen-bond acceptors (Lipinski definition) is 5. The topological polar surface area (TPSA) is 70.1 Å². The Hall–Kier alpha value is -2.48. The van der Waals surface area contributed by atoms with Crippen LogP contribution in [0.4, 0.5) is 0 Å². The summed E-state index contributed by atoms with van der Waals surface area (Å²) in [5.74, 6) is -1.30. The van der Waals surface area contributed by atoms with E-state index in [2.05, 4.69) is 20.8 Å². The van der Waals surface area contributed by atoms with Crippen molar-refractivity contribution in [2.24, 2.45) is 0 Å². The summed E-state index contributed by atoms with van der Waals surface area (Å²) in [5, 5.41) is 11.3. The Morgan fingerprint density at radius 3 is 2.45 bits per heavy atom. The summed E-state index contributed by atoms with van der Waals surface area (Å²) in [6, 6.07) is 12.7. The highest BCUT2D eigenvalue weighted by Gasteiger charge is 2.45. The van der Waals surface area contributed by atoms with E-state index >= 15 is 0 Å². The van der Waals surface area contributed by atoms with E-state index in [1.165, 1.54) is 0 Å². The first kappa shape index (κ1) is 23.7. The second-order valence-corrected chi connectivity index (χ2v) is 9.59. The van der Waals surface area contributed by atoms with Crippen LogP contribution in [0.3, 0.4) is 0 Å². The second kappa shape index (κ2) is 10.2. The number of rotatable bonds is 6. The van der Waals surface area contributed by atoms with Crippen molar-refractivity contribution in [2.45, 2.75) is 26.3 Å². The van der Waals surface area contributed by atoms with E-state index in [1.807, 2.05) is 56.3 Å². The molecule has 0 saturated carbocycles. The van der Waals surface area contributed by atoms with Gasteiger partial charge in [-0.1, -0.05) is 45.8 Å². The van der Waals surface area contributed by atoms with Gasteiger partial charge in [0.2, 0.25) is 0 Å². The number of ether oxygens (including phenoxy) is 1. The smallest absolute Gasteiger partial charge is 0.295 e. The van der Waals surface area contributed by atoms with Crippen molar-refractivity contribution in [1.29, 1.82) is 0 Å². The van der Waals surface area contributed by atoms with E-state index in [0.29, 0.717) is 12.1 Å². The van der Waals surface area contributed by atoms with Crippen LogP contribution in [0.2, 0.25) is 0 Å². The van der Waals surface area contributed by atoms with Gasteiger partial charge in [-0.25, -0.2) is 0 Å². The predicted octanol–water partition coefficient (Wildman–Crippen LogP) is 4.21. The SMILES string of the molecule is Cc1ccc(C)c(/C(O)=C2\C(=O)C(=O)N(CCCN3CCOCC3)C2c2ccc(Br)cc2)c1. The highest BCUT2D eigenvalue weighted by atomic mass is 79.9. The van der Waals surface area contributed by atoms with E-state index in [-0.39, 0.29) is 11.3 Å². The first-order chi connectivity index (χ1) is 15.9. The number of nitrogens with zero attached hydrogens (tertiary/aromatic N) is 2. The maximum atomic E-state index is 13.2. The van der Waals surface area contributed by atoms with Crippen LogP contribution in [0.25, 0.3) is 5.76 Å². The summed E-state index contributed by atoms with van der Waals surface area (Å²) in [5.41, 5.74) is 3.37. The molecule has 2 aromatic carbocycles. The predicted molar refractivity (Wildman–Crippen MR) is 131 cm³/mol. The van der Waals surface area contributed by atoms with Gasteiger partial charge in [0.15, 0.2) is 0 Å². The Kier molecular flexibility index (Phi) is 7.32. The van der Waals surface area contributed by atoms with Crippen molar-refractivity contribution < 1.29 is 19.4 Å². The van der Waals surface area contributed by atoms with Gasteiger partial charge in [-0.05, 0) is 49.6 Å². The molecule has 1 atom stereocenters. The van der Waals surface area contributed by atoms with Gasteiger partial charge in [0.05, 0.1) is 24.8 Å². The number of Topliss-reactive ketones (excluding diaryl/α,β-unsaturated/α-hetero) is 1. The molecule has 1 N–H and O–H groups in total. The molecule has 6 nitrogen and oxygen atoms in total. The summed E-state index contributed by atoms with van der Waals surface area (Å²) < 4.78 is 6.31. The lowest BCUT2D eigenvalue weighted by molar-refractivity contribution is -0.140. The van der Waals surface area contributed by atoms with Gasteiger partial charge in [-0.15, -0.1) is 0 Å². The number of aliphatic hydroxyl groups is 1. The molecule has 33 heavy (non-hydrogen) atoms. The minimum absolute atomic E-state index is 0.113. The first-order valence-electron chi connectivity index (χ1n) is 11.3. The Balaban J connectivity index is 1.70. The number of likely N-dealkylation sites (tertiary alicyclic amines) is 1. The minimum atomic E-state index is -0.632. The van der Waals surface area contributed by atoms with Crippen LogP contribution in [0.1, 0.15) is 34.7 Å². The molecule has 174 valence electrons. The molecule has 2 aliphatic rings. The van der Waals surface area contributed by atoms with Gasteiger partial charge >= 0.3 is 0 Å². The monoisotopic (exact) mass is 512 g/mol. The number of aliphatic hydroxyl groups excluding tert-OH is 1. The lowest BCUT2D eigenvalue weighted by Crippen LogP contribution is -2.38. The van der Waals surface area contributed by atoms with Crippen LogP contribution in [-0.4, -0.2) is 66.0 Å². The Morgan fingerprint density at radius 1 is 1.06 bits per heavy atom. The average Bonchev–Trinajstić information content (AvgIpc) is 3.06. The number of halogens is 1. The normalized spacial score (nSPS) is 21.1. The Bertz CT molecular complexity index is 1070. The highest BCUT2D eigenvalue weighted by Crippen LogP contribution is 2.40. The minimum Gasteiger partial charge on any atom is -0.507 e. The fraction of sp³-hybridized carbons (Fsp3) is 0.385. The largest absolute Gasteiger partial charge is 0.507 e. The van der Waals surface area contributed by atoms with E-state index < -0.39 is 17.7 Å². The summed E-state index contributed by atoms with van der Waals surface area (Å²) >= 11 is 3.45. The number of ketones is 1. The van der Waals surface area contributed by atoms with E-state index in [4.69, 9.17) is 4.74 Å². The molecule has 7 heteroatoms. The molecule has 0 spiro atoms. The maximum absolute atomic E-state index is 13.2. The van der Waals surface area contributed by atoms with Crippen LogP contribution in [-0.2, 0) is 14.3 Å². The van der Waals surface area contributed by atoms with Crippen LogP contribution >= 0.6 is 15.9 Å². The molecule has 2 heterocycles. The number of amides is 1. The van der Waals surface area contributed by atoms with Crippen molar-refractivity contribution in [3.05, 3.63) is 74.8 Å². The fourth-order valence-electron chi connectivity index (χ4n) is 4.53. The maximum Gasteiger partial charge on any atom is 0.295 e. The summed E-state index contributed by atoms with van der Waals surface area (Å²) in [7, 11) is 0. The zero-order chi connectivity index (χ0) is 23.5. The van der Waals surface area contributed by atoms with Crippen LogP contribution in [0.5, 0.6) is 0 Å². The standard InChI is InChI=1S/C26H29BrN2O4/c1-17-4-5-18(2)21(16-17)24(30)22-23(19-6-8-20(27)9-7-19)29(26(32)25(22)31)11-3-10-28-12-14-33-15-13-28/h4-9,16,23,30H,3,10-15H2,1-2H3/b24-22+. The van der Waals surface area contributed by atoms with Crippen molar-refractivity contribution in [2.75, 3.05) is 39.4 Å². The average molecular weight is 513 g/mol. The molecule has 1 amide bonds. The Morgan fingerprint density at radius 2 is 1.76 bits per heavy atom. The van der Waals surface area contributed by atoms with Gasteiger partial charge in [0.25, 0.3) is 11.7 Å². The van der Waals surface area contributed by atoms with Crippen LogP contribution < -0.4 is 0 Å². The summed E-state index contributed by atoms with van der Waals surface area (Å²) in [6.45, 7) is 8.29. The Labute approximate surface area is 203 Å². The molecule has 0 aromatic heterocycles. The van der Waals surface area contributed by atoms with Crippen LogP contribution in [0, 0.1) is 13.8 Å². The zero-order valence-electron chi connectivity index (χ0n) is 19.0. The number of benzene rings is 2. The van der Waals surface area contributed by atoms with Crippen molar-refractivity contribution in [3.63, 3.8) is 0 Å². The molecule has 2 aliphatic heterocycles. The molecular weight excluding hydrogens is 484 g/mol. The number of carbonyl (C=O) groups is 2. The van der Waals surface area contributed by atoms with Gasteiger partial charge in [-0.2, -0.15) is 0 Å². The zero-order valence-corrected chi connectivity index (χ0v) is 20.6. The van der Waals surface area contributed by atoms with Crippen LogP contribution in [0.15, 0.2) is 52.5 Å². The van der Waals surface area contributed by atoms with Crippen molar-refractivity contribution >= 4 is 33.4 Å². The van der Waals surface area contributed by atoms with Gasteiger partial charge < -0.3 is 14.7 Å². The van der Waals surface area contributed by atoms with E-state index in [9.17, 15) is 14.7 Å². The summed E-state index contributed by atoms with van der Waals surface area (Å²) in [6.07, 6.45) is 0.740. The second-order valence-electron chi connectivity index (χ2n) is 8.67. The lowest BCUT2D eigenvalue weighted by Gasteiger charge is -2.29. The third-order valence-electron chi connectivity index (χ3n) is 6.35. The summed E-state index contributed by atoms with van der Waals surface area (Å²) in [4.78, 5) is 30.2. The molecule has 4 rings (SSSR count). The highest BCUT2D eigenvalue weighted by molar-refractivity contribution is 9.10. The van der Waals surface area contributed by atoms with Crippen molar-refractivity contribution in [1.82, 2.24) is 9.80 Å². The molecule has 1 unspecified atom stereocenters. The molecular formula is C26H29BrN2O4.